The van der Waals surface area contributed by atoms with Crippen LogP contribution in [0.15, 0.2) is 24.3 Å². The van der Waals surface area contributed by atoms with Gasteiger partial charge in [-0.05, 0) is 37.2 Å². The van der Waals surface area contributed by atoms with Crippen molar-refractivity contribution in [2.75, 3.05) is 7.05 Å². The van der Waals surface area contributed by atoms with Crippen molar-refractivity contribution in [1.29, 1.82) is 0 Å². The van der Waals surface area contributed by atoms with E-state index in [1.54, 1.807) is 0 Å². The minimum absolute atomic E-state index is 0.139. The number of halogens is 5. The summed E-state index contributed by atoms with van der Waals surface area (Å²) in [6.07, 6.45) is 0. The van der Waals surface area contributed by atoms with Crippen LogP contribution in [0.5, 0.6) is 0 Å². The summed E-state index contributed by atoms with van der Waals surface area (Å²) in [4.78, 5) is 0. The molecule has 0 bridgehead atoms. The van der Waals surface area contributed by atoms with Crippen LogP contribution in [-0.2, 0) is 0 Å². The number of rotatable bonds is 3. The normalized spacial score (nSPS) is 12.5. The Labute approximate surface area is 149 Å². The molecule has 1 atom stereocenters. The SMILES string of the molecule is CNC(C)c1ccc(-c2c(Cl)c(Cl)cc(Cl)c2Cl)cc1Cl. The molecule has 0 aromatic heterocycles. The fraction of sp³-hybridized carbons (Fsp3) is 0.200. The lowest BCUT2D eigenvalue weighted by molar-refractivity contribution is 0.652. The highest BCUT2D eigenvalue weighted by Crippen LogP contribution is 2.44. The minimum atomic E-state index is 0.139. The molecule has 0 aliphatic rings. The van der Waals surface area contributed by atoms with Gasteiger partial charge in [0.15, 0.2) is 0 Å². The van der Waals surface area contributed by atoms with Crippen LogP contribution in [0.25, 0.3) is 11.1 Å². The molecular formula is C15H12Cl5N. The lowest BCUT2D eigenvalue weighted by Crippen LogP contribution is -2.12. The van der Waals surface area contributed by atoms with E-state index in [0.29, 0.717) is 30.7 Å². The second-order valence-electron chi connectivity index (χ2n) is 4.59. The van der Waals surface area contributed by atoms with Crippen LogP contribution >= 0.6 is 58.0 Å². The summed E-state index contributed by atoms with van der Waals surface area (Å²) in [6, 6.07) is 7.30. The summed E-state index contributed by atoms with van der Waals surface area (Å²) in [5.41, 5.74) is 2.34. The third kappa shape index (κ3) is 3.44. The molecule has 1 unspecified atom stereocenters. The monoisotopic (exact) mass is 381 g/mol. The first-order valence-corrected chi connectivity index (χ1v) is 8.05. The molecule has 0 radical (unpaired) electrons. The second-order valence-corrected chi connectivity index (χ2v) is 6.57. The molecule has 0 saturated heterocycles. The zero-order chi connectivity index (χ0) is 15.7. The Kier molecular flexibility index (Phi) is 5.70. The lowest BCUT2D eigenvalue weighted by Gasteiger charge is -2.15. The van der Waals surface area contributed by atoms with Gasteiger partial charge in [-0.2, -0.15) is 0 Å². The third-order valence-corrected chi connectivity index (χ3v) is 5.20. The van der Waals surface area contributed by atoms with Gasteiger partial charge in [0, 0.05) is 16.6 Å². The molecule has 6 heteroatoms. The van der Waals surface area contributed by atoms with Crippen LogP contribution in [0.2, 0.25) is 25.1 Å². The van der Waals surface area contributed by atoms with Gasteiger partial charge in [-0.25, -0.2) is 0 Å². The molecule has 2 aromatic carbocycles. The predicted molar refractivity (Wildman–Crippen MR) is 94.4 cm³/mol. The Morgan fingerprint density at radius 1 is 0.857 bits per heavy atom. The van der Waals surface area contributed by atoms with Gasteiger partial charge in [-0.1, -0.05) is 70.1 Å². The standard InChI is InChI=1S/C15H12Cl5N/c1-7(21-2)9-4-3-8(5-10(9)16)13-14(19)11(17)6-12(18)15(13)20/h3-7,21H,1-2H3. The first-order chi connectivity index (χ1) is 9.86. The fourth-order valence-corrected chi connectivity index (χ4v) is 3.39. The third-order valence-electron chi connectivity index (χ3n) is 3.30. The van der Waals surface area contributed by atoms with Crippen molar-refractivity contribution in [1.82, 2.24) is 5.32 Å². The highest BCUT2D eigenvalue weighted by molar-refractivity contribution is 6.50. The van der Waals surface area contributed by atoms with Crippen LogP contribution in [0.1, 0.15) is 18.5 Å². The maximum absolute atomic E-state index is 6.35. The molecule has 0 saturated carbocycles. The molecule has 0 heterocycles. The molecule has 0 spiro atoms. The molecule has 112 valence electrons. The largest absolute Gasteiger partial charge is 0.313 e. The van der Waals surface area contributed by atoms with Crippen molar-refractivity contribution in [3.63, 3.8) is 0 Å². The lowest BCUT2D eigenvalue weighted by atomic mass is 10.0. The number of nitrogens with one attached hydrogen (secondary N) is 1. The van der Waals surface area contributed by atoms with E-state index in [0.717, 1.165) is 11.1 Å². The van der Waals surface area contributed by atoms with Crippen molar-refractivity contribution in [3.8, 4) is 11.1 Å². The molecule has 0 aliphatic carbocycles. The second kappa shape index (κ2) is 6.95. The Balaban J connectivity index is 2.61. The fourth-order valence-electron chi connectivity index (χ4n) is 2.02. The summed E-state index contributed by atoms with van der Waals surface area (Å²) in [5, 5.41) is 5.19. The summed E-state index contributed by atoms with van der Waals surface area (Å²) < 4.78 is 0. The van der Waals surface area contributed by atoms with Crippen molar-refractivity contribution >= 4 is 58.0 Å². The highest BCUT2D eigenvalue weighted by Gasteiger charge is 2.17. The van der Waals surface area contributed by atoms with E-state index in [9.17, 15) is 0 Å². The van der Waals surface area contributed by atoms with E-state index in [-0.39, 0.29) is 6.04 Å². The summed E-state index contributed by atoms with van der Waals surface area (Å²) >= 11 is 31.0. The van der Waals surface area contributed by atoms with Gasteiger partial charge in [-0.15, -0.1) is 0 Å². The van der Waals surface area contributed by atoms with E-state index >= 15 is 0 Å². The van der Waals surface area contributed by atoms with Crippen molar-refractivity contribution in [2.24, 2.45) is 0 Å². The quantitative estimate of drug-likeness (QED) is 0.568. The Morgan fingerprint density at radius 3 is 1.90 bits per heavy atom. The first kappa shape index (κ1) is 17.2. The zero-order valence-electron chi connectivity index (χ0n) is 11.3. The maximum atomic E-state index is 6.35. The maximum Gasteiger partial charge on any atom is 0.0686 e. The van der Waals surface area contributed by atoms with Crippen LogP contribution in [-0.4, -0.2) is 7.05 Å². The van der Waals surface area contributed by atoms with Crippen LogP contribution < -0.4 is 5.32 Å². The predicted octanol–water partition coefficient (Wildman–Crippen LogP) is 6.90. The van der Waals surface area contributed by atoms with Crippen LogP contribution in [0, 0.1) is 0 Å². The van der Waals surface area contributed by atoms with Gasteiger partial charge in [0.1, 0.15) is 0 Å². The average Bonchev–Trinajstić information content (AvgIpc) is 2.45. The molecule has 1 nitrogen and oxygen atoms in total. The highest BCUT2D eigenvalue weighted by atomic mass is 35.5. The van der Waals surface area contributed by atoms with Gasteiger partial charge in [-0.3, -0.25) is 0 Å². The van der Waals surface area contributed by atoms with Gasteiger partial charge in [0.2, 0.25) is 0 Å². The van der Waals surface area contributed by atoms with E-state index in [1.165, 1.54) is 6.07 Å². The van der Waals surface area contributed by atoms with Crippen molar-refractivity contribution < 1.29 is 0 Å². The topological polar surface area (TPSA) is 12.0 Å². The van der Waals surface area contributed by atoms with E-state index in [2.05, 4.69) is 5.32 Å². The van der Waals surface area contributed by atoms with Gasteiger partial charge in [0.05, 0.1) is 20.1 Å². The van der Waals surface area contributed by atoms with Crippen LogP contribution in [0.3, 0.4) is 0 Å². The Bertz CT molecular complexity index is 658. The number of benzene rings is 2. The van der Waals surface area contributed by atoms with E-state index < -0.39 is 0 Å². The molecule has 0 amide bonds. The average molecular weight is 384 g/mol. The van der Waals surface area contributed by atoms with Crippen molar-refractivity contribution in [2.45, 2.75) is 13.0 Å². The first-order valence-electron chi connectivity index (χ1n) is 6.16. The Morgan fingerprint density at radius 2 is 1.43 bits per heavy atom. The van der Waals surface area contributed by atoms with Gasteiger partial charge in [0.25, 0.3) is 0 Å². The van der Waals surface area contributed by atoms with Gasteiger partial charge >= 0.3 is 0 Å². The molecule has 2 aromatic rings. The number of hydrogen-bond donors (Lipinski definition) is 1. The van der Waals surface area contributed by atoms with Crippen molar-refractivity contribution in [3.05, 3.63) is 54.9 Å². The molecule has 0 aliphatic heterocycles. The van der Waals surface area contributed by atoms with Gasteiger partial charge < -0.3 is 5.32 Å². The zero-order valence-corrected chi connectivity index (χ0v) is 15.1. The molecular weight excluding hydrogens is 371 g/mol. The minimum Gasteiger partial charge on any atom is -0.313 e. The van der Waals surface area contributed by atoms with E-state index in [1.807, 2.05) is 32.2 Å². The number of hydrogen-bond acceptors (Lipinski definition) is 1. The van der Waals surface area contributed by atoms with Crippen LogP contribution in [0.4, 0.5) is 0 Å². The molecule has 0 fully saturated rings. The summed E-state index contributed by atoms with van der Waals surface area (Å²) in [7, 11) is 1.87. The summed E-state index contributed by atoms with van der Waals surface area (Å²) in [6.45, 7) is 2.02. The molecule has 2 rings (SSSR count). The van der Waals surface area contributed by atoms with E-state index in [4.69, 9.17) is 58.0 Å². The molecule has 21 heavy (non-hydrogen) atoms. The smallest absolute Gasteiger partial charge is 0.0686 e. The summed E-state index contributed by atoms with van der Waals surface area (Å²) in [5.74, 6) is 0. The Hall–Kier alpha value is -0.150. The molecule has 1 N–H and O–H groups in total.